The summed E-state index contributed by atoms with van der Waals surface area (Å²) >= 11 is 1.47. The number of hydrogen-bond donors (Lipinski definition) is 1. The standard InChI is InChI=1S/C16H13N3O5S2/c17-26(21,22)12-6-3-11(4-7-12)5-8-15(20)23-10-14-18-16(19-24-14)13-2-1-9-25-13/h1-9H,10H2,(H2,17,21,22)/b8-5+. The first-order valence-electron chi connectivity index (χ1n) is 7.26. The lowest BCUT2D eigenvalue weighted by Crippen LogP contribution is -2.11. The quantitative estimate of drug-likeness (QED) is 0.504. The lowest BCUT2D eigenvalue weighted by Gasteiger charge is -1.99. The van der Waals surface area contributed by atoms with Crippen molar-refractivity contribution in [2.45, 2.75) is 11.5 Å². The van der Waals surface area contributed by atoms with Gasteiger partial charge in [-0.15, -0.1) is 11.3 Å². The van der Waals surface area contributed by atoms with E-state index in [9.17, 15) is 13.2 Å². The highest BCUT2D eigenvalue weighted by molar-refractivity contribution is 7.89. The molecule has 0 radical (unpaired) electrons. The Morgan fingerprint density at radius 1 is 1.27 bits per heavy atom. The van der Waals surface area contributed by atoms with Crippen LogP contribution in [0.5, 0.6) is 0 Å². The molecule has 0 saturated heterocycles. The van der Waals surface area contributed by atoms with Gasteiger partial charge in [0.05, 0.1) is 9.77 Å². The van der Waals surface area contributed by atoms with Gasteiger partial charge in [-0.3, -0.25) is 0 Å². The fraction of sp³-hybridized carbons (Fsp3) is 0.0625. The first-order valence-corrected chi connectivity index (χ1v) is 9.68. The molecule has 0 bridgehead atoms. The molecule has 0 fully saturated rings. The number of ether oxygens (including phenoxy) is 1. The Labute approximate surface area is 153 Å². The number of nitrogens with zero attached hydrogens (tertiary/aromatic N) is 2. The van der Waals surface area contributed by atoms with Crippen LogP contribution in [0.1, 0.15) is 11.5 Å². The van der Waals surface area contributed by atoms with Crippen LogP contribution < -0.4 is 5.14 Å². The van der Waals surface area contributed by atoms with E-state index in [1.807, 2.05) is 17.5 Å². The van der Waals surface area contributed by atoms with E-state index in [1.54, 1.807) is 0 Å². The van der Waals surface area contributed by atoms with Gasteiger partial charge in [-0.05, 0) is 35.2 Å². The fourth-order valence-corrected chi connectivity index (χ4v) is 3.10. The summed E-state index contributed by atoms with van der Waals surface area (Å²) in [6.45, 7) is -0.147. The van der Waals surface area contributed by atoms with Gasteiger partial charge in [0.2, 0.25) is 15.8 Å². The smallest absolute Gasteiger partial charge is 0.331 e. The summed E-state index contributed by atoms with van der Waals surface area (Å²) in [5.74, 6) is 0.0283. The number of rotatable bonds is 6. The van der Waals surface area contributed by atoms with Gasteiger partial charge in [-0.1, -0.05) is 23.4 Å². The third-order valence-electron chi connectivity index (χ3n) is 3.17. The highest BCUT2D eigenvalue weighted by Gasteiger charge is 2.11. The van der Waals surface area contributed by atoms with Crippen LogP contribution in [-0.4, -0.2) is 24.5 Å². The summed E-state index contributed by atoms with van der Waals surface area (Å²) in [6, 6.07) is 9.48. The molecule has 2 N–H and O–H groups in total. The van der Waals surface area contributed by atoms with Crippen molar-refractivity contribution in [3.63, 3.8) is 0 Å². The molecule has 3 rings (SSSR count). The van der Waals surface area contributed by atoms with Crippen LogP contribution in [0.4, 0.5) is 0 Å². The number of benzene rings is 1. The number of sulfonamides is 1. The molecule has 0 aliphatic carbocycles. The topological polar surface area (TPSA) is 125 Å². The Hall–Kier alpha value is -2.82. The molecular formula is C16H13N3O5S2. The van der Waals surface area contributed by atoms with Gasteiger partial charge >= 0.3 is 5.97 Å². The minimum atomic E-state index is -3.74. The average molecular weight is 391 g/mol. The number of aromatic nitrogens is 2. The second-order valence-corrected chi connectivity index (χ2v) is 7.55. The van der Waals surface area contributed by atoms with E-state index in [2.05, 4.69) is 10.1 Å². The van der Waals surface area contributed by atoms with Crippen LogP contribution in [0.3, 0.4) is 0 Å². The van der Waals surface area contributed by atoms with Crippen LogP contribution in [0, 0.1) is 0 Å². The number of primary sulfonamides is 1. The Balaban J connectivity index is 1.55. The summed E-state index contributed by atoms with van der Waals surface area (Å²) in [5, 5.41) is 10.7. The van der Waals surface area contributed by atoms with Crippen molar-refractivity contribution in [2.24, 2.45) is 5.14 Å². The van der Waals surface area contributed by atoms with E-state index in [1.165, 1.54) is 47.8 Å². The predicted octanol–water partition coefficient (Wildman–Crippen LogP) is 2.20. The summed E-state index contributed by atoms with van der Waals surface area (Å²) in [6.07, 6.45) is 2.70. The Morgan fingerprint density at radius 3 is 2.69 bits per heavy atom. The normalized spacial score (nSPS) is 11.7. The molecule has 0 aliphatic heterocycles. The van der Waals surface area contributed by atoms with Crippen LogP contribution in [0.25, 0.3) is 16.8 Å². The number of hydrogen-bond acceptors (Lipinski definition) is 8. The van der Waals surface area contributed by atoms with Crippen LogP contribution in [0.15, 0.2) is 57.3 Å². The maximum Gasteiger partial charge on any atom is 0.331 e. The van der Waals surface area contributed by atoms with E-state index in [0.29, 0.717) is 11.4 Å². The SMILES string of the molecule is NS(=O)(=O)c1ccc(/C=C/C(=O)OCc2nc(-c3cccs3)no2)cc1. The zero-order valence-corrected chi connectivity index (χ0v) is 14.9. The summed E-state index contributed by atoms with van der Waals surface area (Å²) in [5.41, 5.74) is 0.618. The number of esters is 1. The van der Waals surface area contributed by atoms with Crippen LogP contribution in [-0.2, 0) is 26.2 Å². The lowest BCUT2D eigenvalue weighted by atomic mass is 10.2. The Bertz CT molecular complexity index is 1020. The lowest BCUT2D eigenvalue weighted by molar-refractivity contribution is -0.139. The summed E-state index contributed by atoms with van der Waals surface area (Å²) in [7, 11) is -3.74. The minimum Gasteiger partial charge on any atom is -0.452 e. The third kappa shape index (κ3) is 4.63. The van der Waals surface area contributed by atoms with Gasteiger partial charge in [0.15, 0.2) is 6.61 Å². The predicted molar refractivity (Wildman–Crippen MR) is 94.3 cm³/mol. The molecule has 10 heteroatoms. The number of carbonyl (C=O) groups is 1. The van der Waals surface area contributed by atoms with E-state index in [-0.39, 0.29) is 17.4 Å². The third-order valence-corrected chi connectivity index (χ3v) is 4.96. The molecule has 26 heavy (non-hydrogen) atoms. The maximum absolute atomic E-state index is 11.7. The molecule has 0 atom stereocenters. The molecule has 1 aromatic carbocycles. The molecule has 0 aliphatic rings. The molecule has 3 aromatic rings. The molecule has 134 valence electrons. The molecule has 0 amide bonds. The van der Waals surface area contributed by atoms with Crippen LogP contribution >= 0.6 is 11.3 Å². The first kappa shape index (κ1) is 18.0. The second kappa shape index (κ2) is 7.60. The molecule has 2 heterocycles. The van der Waals surface area contributed by atoms with Crippen molar-refractivity contribution >= 4 is 33.4 Å². The fourth-order valence-electron chi connectivity index (χ4n) is 1.93. The van der Waals surface area contributed by atoms with Gasteiger partial charge < -0.3 is 9.26 Å². The molecule has 8 nitrogen and oxygen atoms in total. The largest absolute Gasteiger partial charge is 0.452 e. The highest BCUT2D eigenvalue weighted by Crippen LogP contribution is 2.21. The van der Waals surface area contributed by atoms with E-state index in [0.717, 1.165) is 4.88 Å². The van der Waals surface area contributed by atoms with Crippen molar-refractivity contribution in [3.05, 3.63) is 59.3 Å². The number of nitrogens with two attached hydrogens (primary N) is 1. The van der Waals surface area contributed by atoms with Gasteiger partial charge in [0.1, 0.15) is 0 Å². The van der Waals surface area contributed by atoms with Crippen molar-refractivity contribution in [1.29, 1.82) is 0 Å². The van der Waals surface area contributed by atoms with E-state index < -0.39 is 16.0 Å². The second-order valence-electron chi connectivity index (χ2n) is 5.04. The molecule has 0 unspecified atom stereocenters. The first-order chi connectivity index (χ1) is 12.4. The maximum atomic E-state index is 11.7. The highest BCUT2D eigenvalue weighted by atomic mass is 32.2. The average Bonchev–Trinajstić information content (AvgIpc) is 3.29. The van der Waals surface area contributed by atoms with Crippen molar-refractivity contribution in [3.8, 4) is 10.7 Å². The molecule has 2 aromatic heterocycles. The number of carbonyl (C=O) groups excluding carboxylic acids is 1. The number of thiophene rings is 1. The summed E-state index contributed by atoms with van der Waals surface area (Å²) < 4.78 is 32.4. The van der Waals surface area contributed by atoms with E-state index >= 15 is 0 Å². The van der Waals surface area contributed by atoms with Gasteiger partial charge in [0.25, 0.3) is 5.89 Å². The Kier molecular flexibility index (Phi) is 5.26. The molecular weight excluding hydrogens is 378 g/mol. The minimum absolute atomic E-state index is 0.00448. The van der Waals surface area contributed by atoms with Crippen molar-refractivity contribution in [1.82, 2.24) is 10.1 Å². The van der Waals surface area contributed by atoms with Gasteiger partial charge in [-0.2, -0.15) is 4.98 Å². The van der Waals surface area contributed by atoms with Crippen LogP contribution in [0.2, 0.25) is 0 Å². The molecule has 0 spiro atoms. The zero-order chi connectivity index (χ0) is 18.6. The molecule has 0 saturated carbocycles. The van der Waals surface area contributed by atoms with Crippen molar-refractivity contribution < 1.29 is 22.5 Å². The van der Waals surface area contributed by atoms with E-state index in [4.69, 9.17) is 14.4 Å². The zero-order valence-electron chi connectivity index (χ0n) is 13.2. The summed E-state index contributed by atoms with van der Waals surface area (Å²) in [4.78, 5) is 16.7. The van der Waals surface area contributed by atoms with Crippen molar-refractivity contribution in [2.75, 3.05) is 0 Å². The van der Waals surface area contributed by atoms with Gasteiger partial charge in [-0.25, -0.2) is 18.4 Å². The van der Waals surface area contributed by atoms with Gasteiger partial charge in [0, 0.05) is 6.08 Å². The Morgan fingerprint density at radius 2 is 2.04 bits per heavy atom. The monoisotopic (exact) mass is 391 g/mol.